The van der Waals surface area contributed by atoms with Crippen molar-refractivity contribution < 1.29 is 9.53 Å². The summed E-state index contributed by atoms with van der Waals surface area (Å²) in [4.78, 5) is 36.4. The highest BCUT2D eigenvalue weighted by molar-refractivity contribution is 5.88. The number of nitrogens with one attached hydrogen (secondary N) is 1. The summed E-state index contributed by atoms with van der Waals surface area (Å²) in [5, 5.41) is 3.01. The lowest BCUT2D eigenvalue weighted by molar-refractivity contribution is 0.0500. The Balaban J connectivity index is 1.75. The van der Waals surface area contributed by atoms with E-state index in [-0.39, 0.29) is 18.3 Å². The van der Waals surface area contributed by atoms with E-state index in [0.29, 0.717) is 17.9 Å². The molecule has 0 spiro atoms. The van der Waals surface area contributed by atoms with Crippen molar-refractivity contribution in [1.29, 1.82) is 0 Å². The summed E-state index contributed by atoms with van der Waals surface area (Å²) in [6.07, 6.45) is 2.06. The molecule has 9 heteroatoms. The maximum Gasteiger partial charge on any atom is 0.407 e. The first-order valence-corrected chi connectivity index (χ1v) is 12.4. The fraction of sp³-hybridized carbons (Fsp3) is 0.481. The van der Waals surface area contributed by atoms with Crippen molar-refractivity contribution in [3.05, 3.63) is 63.5 Å². The monoisotopic (exact) mass is 490 g/mol. The maximum atomic E-state index is 13.4. The number of rotatable bonds is 5. The Morgan fingerprint density at radius 1 is 1.31 bits per heavy atom. The van der Waals surface area contributed by atoms with Crippen LogP contribution in [0, 0.1) is 6.57 Å². The molecule has 0 bridgehead atoms. The van der Waals surface area contributed by atoms with Crippen LogP contribution in [0.4, 0.5) is 16.2 Å². The van der Waals surface area contributed by atoms with Gasteiger partial charge in [0.1, 0.15) is 11.1 Å². The molecule has 1 amide bonds. The number of imidazole rings is 1. The van der Waals surface area contributed by atoms with Gasteiger partial charge in [-0.25, -0.2) is 19.4 Å². The van der Waals surface area contributed by atoms with E-state index in [9.17, 15) is 9.59 Å². The third-order valence-corrected chi connectivity index (χ3v) is 6.40. The number of benzene rings is 1. The topological polar surface area (TPSA) is 85.8 Å². The second-order valence-corrected chi connectivity index (χ2v) is 10.3. The van der Waals surface area contributed by atoms with Crippen LogP contribution in [-0.2, 0) is 24.8 Å². The summed E-state index contributed by atoms with van der Waals surface area (Å²) in [5.74, 6) is 0. The smallest absolute Gasteiger partial charge is 0.407 e. The number of anilines is 1. The van der Waals surface area contributed by atoms with E-state index in [1.165, 1.54) is 0 Å². The fourth-order valence-corrected chi connectivity index (χ4v) is 4.70. The van der Waals surface area contributed by atoms with Gasteiger partial charge in [-0.2, -0.15) is 0 Å². The molecule has 1 saturated heterocycles. The Morgan fingerprint density at radius 2 is 2.06 bits per heavy atom. The van der Waals surface area contributed by atoms with Crippen molar-refractivity contribution in [3.63, 3.8) is 0 Å². The number of carbonyl (C=O) groups is 1. The number of hydrogen-bond donors (Lipinski definition) is 1. The van der Waals surface area contributed by atoms with E-state index in [4.69, 9.17) is 16.3 Å². The average molecular weight is 491 g/mol. The zero-order valence-electron chi connectivity index (χ0n) is 21.7. The minimum Gasteiger partial charge on any atom is -0.444 e. The third kappa shape index (κ3) is 5.23. The van der Waals surface area contributed by atoms with Gasteiger partial charge in [0.25, 0.3) is 0 Å². The molecule has 1 aromatic carbocycles. The summed E-state index contributed by atoms with van der Waals surface area (Å²) < 4.78 is 8.76. The normalized spacial score (nSPS) is 16.1. The lowest BCUT2D eigenvalue weighted by Crippen LogP contribution is -2.49. The van der Waals surface area contributed by atoms with Gasteiger partial charge in [0.15, 0.2) is 11.3 Å². The van der Waals surface area contributed by atoms with Crippen molar-refractivity contribution in [2.24, 2.45) is 7.05 Å². The van der Waals surface area contributed by atoms with Crippen molar-refractivity contribution in [2.45, 2.75) is 65.1 Å². The van der Waals surface area contributed by atoms with E-state index >= 15 is 0 Å². The number of pyridine rings is 1. The molecule has 1 atom stereocenters. The molecule has 0 aliphatic carbocycles. The first kappa shape index (κ1) is 25.3. The van der Waals surface area contributed by atoms with Crippen molar-refractivity contribution in [1.82, 2.24) is 19.4 Å². The van der Waals surface area contributed by atoms with Gasteiger partial charge in [0.2, 0.25) is 0 Å². The molecule has 1 fully saturated rings. The Labute approximate surface area is 211 Å². The highest BCUT2D eigenvalue weighted by Crippen LogP contribution is 2.30. The largest absolute Gasteiger partial charge is 0.444 e. The van der Waals surface area contributed by atoms with Crippen LogP contribution in [0.5, 0.6) is 0 Å². The third-order valence-electron chi connectivity index (χ3n) is 6.40. The van der Waals surface area contributed by atoms with Gasteiger partial charge in [-0.3, -0.25) is 9.13 Å². The molecule has 2 aromatic heterocycles. The predicted octanol–water partition coefficient (Wildman–Crippen LogP) is 4.39. The molecule has 190 valence electrons. The molecular formula is C27H34N6O3. The van der Waals surface area contributed by atoms with E-state index in [1.807, 2.05) is 45.9 Å². The Hall–Kier alpha value is -3.80. The minimum absolute atomic E-state index is 0.0754. The van der Waals surface area contributed by atoms with Crippen LogP contribution in [0.1, 0.15) is 51.8 Å². The summed E-state index contributed by atoms with van der Waals surface area (Å²) in [5.41, 5.74) is 3.77. The van der Waals surface area contributed by atoms with E-state index in [0.717, 1.165) is 48.3 Å². The summed E-state index contributed by atoms with van der Waals surface area (Å²) in [7, 11) is 1.74. The standard InChI is InChI=1S/C27H34N6O3/c1-7-19-15-22(32-14-10-12-20(17-32)30-25(34)36-27(2,3)4)23-24(29-19)31(6)26(35)33(23)16-18-11-8-9-13-21(18)28-5/h8-9,11,13,15,20H,7,10,12,14,16-17H2,1-4,6H3,(H,30,34)/t20-/m1/s1. The summed E-state index contributed by atoms with van der Waals surface area (Å²) in [6.45, 7) is 16.8. The molecule has 1 aliphatic heterocycles. The lowest BCUT2D eigenvalue weighted by atomic mass is 10.0. The highest BCUT2D eigenvalue weighted by atomic mass is 16.6. The van der Waals surface area contributed by atoms with Gasteiger partial charge in [0.05, 0.1) is 12.3 Å². The van der Waals surface area contributed by atoms with Crippen molar-refractivity contribution >= 4 is 28.6 Å². The second kappa shape index (κ2) is 10.1. The molecular weight excluding hydrogens is 456 g/mol. The number of aryl methyl sites for hydroxylation is 2. The number of alkyl carbamates (subject to hydrolysis) is 1. The molecule has 4 rings (SSSR count). The first-order chi connectivity index (χ1) is 17.1. The average Bonchev–Trinajstić information content (AvgIpc) is 3.07. The zero-order valence-corrected chi connectivity index (χ0v) is 21.7. The van der Waals surface area contributed by atoms with Crippen LogP contribution in [0.3, 0.4) is 0 Å². The van der Waals surface area contributed by atoms with Gasteiger partial charge < -0.3 is 15.0 Å². The molecule has 36 heavy (non-hydrogen) atoms. The number of hydrogen-bond acceptors (Lipinski definition) is 5. The van der Waals surface area contributed by atoms with Crippen molar-refractivity contribution in [2.75, 3.05) is 18.0 Å². The maximum absolute atomic E-state index is 13.4. The van der Waals surface area contributed by atoms with E-state index < -0.39 is 11.7 Å². The number of ether oxygens (including phenoxy) is 1. The molecule has 0 saturated carbocycles. The van der Waals surface area contributed by atoms with Crippen LogP contribution < -0.4 is 15.9 Å². The lowest BCUT2D eigenvalue weighted by Gasteiger charge is -2.35. The fourth-order valence-electron chi connectivity index (χ4n) is 4.70. The molecule has 9 nitrogen and oxygen atoms in total. The van der Waals surface area contributed by atoms with Crippen LogP contribution in [0.25, 0.3) is 16.0 Å². The predicted molar refractivity (Wildman–Crippen MR) is 141 cm³/mol. The minimum atomic E-state index is -0.562. The van der Waals surface area contributed by atoms with Gasteiger partial charge in [-0.05, 0) is 51.7 Å². The Morgan fingerprint density at radius 3 is 2.75 bits per heavy atom. The molecule has 1 aliphatic rings. The number of piperidine rings is 1. The van der Waals surface area contributed by atoms with Crippen LogP contribution >= 0.6 is 0 Å². The molecule has 1 N–H and O–H groups in total. The van der Waals surface area contributed by atoms with Crippen LogP contribution in [0.2, 0.25) is 0 Å². The summed E-state index contributed by atoms with van der Waals surface area (Å²) in [6, 6.07) is 9.34. The van der Waals surface area contributed by atoms with Crippen LogP contribution in [0.15, 0.2) is 35.1 Å². The molecule has 3 heterocycles. The van der Waals surface area contributed by atoms with Gasteiger partial charge in [-0.15, -0.1) is 0 Å². The van der Waals surface area contributed by atoms with Gasteiger partial charge >= 0.3 is 11.8 Å². The Kier molecular flexibility index (Phi) is 7.07. The quantitative estimate of drug-likeness (QED) is 0.536. The van der Waals surface area contributed by atoms with Crippen LogP contribution in [-0.4, -0.2) is 44.9 Å². The number of nitrogens with zero attached hydrogens (tertiary/aromatic N) is 5. The number of fused-ring (bicyclic) bond motifs is 1. The molecule has 3 aromatic rings. The molecule has 0 radical (unpaired) electrons. The number of para-hydroxylation sites is 1. The number of aromatic nitrogens is 3. The second-order valence-electron chi connectivity index (χ2n) is 10.3. The van der Waals surface area contributed by atoms with Crippen molar-refractivity contribution in [3.8, 4) is 0 Å². The van der Waals surface area contributed by atoms with E-state index in [2.05, 4.69) is 21.1 Å². The van der Waals surface area contributed by atoms with Gasteiger partial charge in [-0.1, -0.05) is 31.2 Å². The highest BCUT2D eigenvalue weighted by Gasteiger charge is 2.28. The zero-order chi connectivity index (χ0) is 26.0. The number of amides is 1. The Bertz CT molecular complexity index is 1380. The van der Waals surface area contributed by atoms with Gasteiger partial charge in [0, 0.05) is 38.4 Å². The number of carbonyl (C=O) groups excluding carboxylic acids is 1. The molecule has 0 unspecified atom stereocenters. The SMILES string of the molecule is [C-]#[N+]c1ccccc1Cn1c(=O)n(C)c2nc(CC)cc(N3CCC[C@@H](NC(=O)OC(C)(C)C)C3)c21. The first-order valence-electron chi connectivity index (χ1n) is 12.4. The summed E-state index contributed by atoms with van der Waals surface area (Å²) >= 11 is 0. The van der Waals surface area contributed by atoms with E-state index in [1.54, 1.807) is 22.2 Å².